The quantitative estimate of drug-likeness (QED) is 0.170. The summed E-state index contributed by atoms with van der Waals surface area (Å²) in [6, 6.07) is 30.0. The lowest BCUT2D eigenvalue weighted by atomic mass is 9.95. The molecule has 0 saturated carbocycles. The van der Waals surface area contributed by atoms with Crippen molar-refractivity contribution in [3.63, 3.8) is 0 Å². The number of carbonyl (C=O) groups excluding carboxylic acids is 1. The number of piperidine rings is 1. The maximum Gasteiger partial charge on any atom is 0.258 e. The van der Waals surface area contributed by atoms with Crippen LogP contribution in [-0.2, 0) is 6.54 Å². The SMILES string of the molecule is Cc1ccc(N(C(=O)c2cccc(-c3cc(C)c(C)c(C)c3)c2)C2CCN(Cc3ccnc(-c4cc(C)c(C)c(C)c4)c3)CC2)cc1.Cl.Cl. The van der Waals surface area contributed by atoms with Crippen LogP contribution in [0.3, 0.4) is 0 Å². The molecule has 1 amide bonds. The van der Waals surface area contributed by atoms with E-state index >= 15 is 0 Å². The maximum atomic E-state index is 14.4. The monoisotopic (exact) mass is 693 g/mol. The summed E-state index contributed by atoms with van der Waals surface area (Å²) in [5, 5.41) is 0. The largest absolute Gasteiger partial charge is 0.305 e. The first kappa shape index (κ1) is 37.9. The lowest BCUT2D eigenvalue weighted by Crippen LogP contribution is -2.47. The molecule has 1 aliphatic heterocycles. The van der Waals surface area contributed by atoms with Crippen LogP contribution in [0.4, 0.5) is 5.69 Å². The molecule has 0 atom stereocenters. The molecule has 5 aromatic rings. The predicted molar refractivity (Wildman–Crippen MR) is 211 cm³/mol. The Bertz CT molecular complexity index is 1880. The number of benzene rings is 4. The van der Waals surface area contributed by atoms with Gasteiger partial charge in [-0.2, -0.15) is 0 Å². The fourth-order valence-corrected chi connectivity index (χ4v) is 6.88. The number of aromatic nitrogens is 1. The number of nitrogens with zero attached hydrogens (tertiary/aromatic N) is 3. The lowest BCUT2D eigenvalue weighted by molar-refractivity contribution is 0.0958. The molecule has 256 valence electrons. The number of pyridine rings is 1. The summed E-state index contributed by atoms with van der Waals surface area (Å²) in [6.07, 6.45) is 3.78. The molecule has 4 nitrogen and oxygen atoms in total. The third kappa shape index (κ3) is 8.44. The molecule has 2 heterocycles. The number of hydrogen-bond acceptors (Lipinski definition) is 3. The Labute approximate surface area is 305 Å². The first-order chi connectivity index (χ1) is 22.6. The minimum atomic E-state index is 0. The normalized spacial score (nSPS) is 13.4. The van der Waals surface area contributed by atoms with Crippen molar-refractivity contribution in [3.05, 3.63) is 141 Å². The van der Waals surface area contributed by atoms with Crippen LogP contribution in [0.2, 0.25) is 0 Å². The van der Waals surface area contributed by atoms with Gasteiger partial charge >= 0.3 is 0 Å². The van der Waals surface area contributed by atoms with E-state index in [-0.39, 0.29) is 36.8 Å². The van der Waals surface area contributed by atoms with Gasteiger partial charge < -0.3 is 4.90 Å². The van der Waals surface area contributed by atoms with E-state index < -0.39 is 0 Å². The first-order valence-corrected chi connectivity index (χ1v) is 16.9. The number of halogens is 2. The molecule has 0 radical (unpaired) electrons. The topological polar surface area (TPSA) is 36.4 Å². The standard InChI is InChI=1S/C43H47N3O.2ClH/c1-28-11-13-40(14-12-28)46(43(47)37-10-8-9-36(26-37)38-21-29(2)33(6)30(3)22-38)41-16-19-45(20-17-41)27-35-15-18-44-42(25-35)39-23-31(4)34(7)32(5)24-39;;/h8-15,18,21-26,41H,16-17,19-20,27H2,1-7H3;2*1H. The van der Waals surface area contributed by atoms with Crippen molar-refractivity contribution in [1.29, 1.82) is 0 Å². The third-order valence-corrected chi connectivity index (χ3v) is 10.3. The fraction of sp³-hybridized carbons (Fsp3) is 0.302. The molecule has 0 bridgehead atoms. The van der Waals surface area contributed by atoms with Crippen LogP contribution < -0.4 is 4.90 Å². The highest BCUT2D eigenvalue weighted by Crippen LogP contribution is 2.31. The van der Waals surface area contributed by atoms with Crippen molar-refractivity contribution in [2.45, 2.75) is 73.9 Å². The highest BCUT2D eigenvalue weighted by Gasteiger charge is 2.30. The minimum absolute atomic E-state index is 0. The summed E-state index contributed by atoms with van der Waals surface area (Å²) >= 11 is 0. The summed E-state index contributed by atoms with van der Waals surface area (Å²) in [7, 11) is 0. The molecule has 1 aromatic heterocycles. The Kier molecular flexibility index (Phi) is 12.5. The zero-order valence-electron chi connectivity index (χ0n) is 29.8. The van der Waals surface area contributed by atoms with Gasteiger partial charge in [-0.05, 0) is 160 Å². The number of hydrogen-bond donors (Lipinski definition) is 0. The van der Waals surface area contributed by atoms with Crippen LogP contribution in [0.15, 0.2) is 91.1 Å². The maximum absolute atomic E-state index is 14.4. The van der Waals surface area contributed by atoms with Gasteiger partial charge in [-0.1, -0.05) is 42.0 Å². The average Bonchev–Trinajstić information content (AvgIpc) is 3.07. The summed E-state index contributed by atoms with van der Waals surface area (Å²) in [5.41, 5.74) is 16.4. The van der Waals surface area contributed by atoms with Crippen LogP contribution in [0, 0.1) is 48.5 Å². The smallest absolute Gasteiger partial charge is 0.258 e. The molecule has 0 N–H and O–H groups in total. The number of carbonyl (C=O) groups is 1. The van der Waals surface area contributed by atoms with Crippen LogP contribution in [0.1, 0.15) is 67.7 Å². The molecule has 6 rings (SSSR count). The molecule has 1 aliphatic rings. The van der Waals surface area contributed by atoms with Crippen molar-refractivity contribution in [2.24, 2.45) is 0 Å². The summed E-state index contributed by atoms with van der Waals surface area (Å²) in [4.78, 5) is 23.7. The van der Waals surface area contributed by atoms with Gasteiger partial charge in [0.2, 0.25) is 0 Å². The Balaban J connectivity index is 0.00000270. The van der Waals surface area contributed by atoms with E-state index in [9.17, 15) is 4.79 Å². The van der Waals surface area contributed by atoms with Gasteiger partial charge in [0.05, 0.1) is 5.69 Å². The highest BCUT2D eigenvalue weighted by molar-refractivity contribution is 6.07. The van der Waals surface area contributed by atoms with Crippen molar-refractivity contribution >= 4 is 36.4 Å². The van der Waals surface area contributed by atoms with Crippen molar-refractivity contribution in [3.8, 4) is 22.4 Å². The number of likely N-dealkylation sites (tertiary alicyclic amines) is 1. The van der Waals surface area contributed by atoms with Crippen LogP contribution in [0.25, 0.3) is 22.4 Å². The van der Waals surface area contributed by atoms with E-state index in [4.69, 9.17) is 4.98 Å². The molecule has 0 aliphatic carbocycles. The molecule has 49 heavy (non-hydrogen) atoms. The van der Waals surface area contributed by atoms with Crippen molar-refractivity contribution in [1.82, 2.24) is 9.88 Å². The number of amides is 1. The summed E-state index contributed by atoms with van der Waals surface area (Å²) in [5.74, 6) is 0.0668. The van der Waals surface area contributed by atoms with E-state index in [2.05, 4.69) is 131 Å². The Morgan fingerprint density at radius 3 is 1.86 bits per heavy atom. The second-order valence-electron chi connectivity index (χ2n) is 13.6. The first-order valence-electron chi connectivity index (χ1n) is 16.9. The second-order valence-corrected chi connectivity index (χ2v) is 13.6. The molecule has 1 fully saturated rings. The number of rotatable bonds is 7. The van der Waals surface area contributed by atoms with Crippen LogP contribution in [0.5, 0.6) is 0 Å². The predicted octanol–water partition coefficient (Wildman–Crippen LogP) is 10.7. The zero-order valence-corrected chi connectivity index (χ0v) is 31.5. The Morgan fingerprint density at radius 2 is 1.27 bits per heavy atom. The van der Waals surface area contributed by atoms with Gasteiger partial charge in [-0.3, -0.25) is 14.7 Å². The molecular formula is C43H49Cl2N3O. The van der Waals surface area contributed by atoms with Crippen molar-refractivity contribution in [2.75, 3.05) is 18.0 Å². The van der Waals surface area contributed by atoms with Gasteiger partial charge in [-0.15, -0.1) is 24.8 Å². The highest BCUT2D eigenvalue weighted by atomic mass is 35.5. The van der Waals surface area contributed by atoms with Gasteiger partial charge in [0.1, 0.15) is 0 Å². The van der Waals surface area contributed by atoms with Crippen molar-refractivity contribution < 1.29 is 4.79 Å². The molecule has 0 spiro atoms. The third-order valence-electron chi connectivity index (χ3n) is 10.3. The number of anilines is 1. The molecule has 6 heteroatoms. The molecule has 1 saturated heterocycles. The minimum Gasteiger partial charge on any atom is -0.305 e. The van der Waals surface area contributed by atoms with Gasteiger partial charge in [0.15, 0.2) is 0 Å². The summed E-state index contributed by atoms with van der Waals surface area (Å²) in [6.45, 7) is 17.8. The van der Waals surface area contributed by atoms with Gasteiger partial charge in [0.25, 0.3) is 5.91 Å². The van der Waals surface area contributed by atoms with E-state index in [1.54, 1.807) is 0 Å². The Hall–Kier alpha value is -3.96. The zero-order chi connectivity index (χ0) is 33.2. The summed E-state index contributed by atoms with van der Waals surface area (Å²) < 4.78 is 0. The van der Waals surface area contributed by atoms with E-state index in [0.29, 0.717) is 0 Å². The van der Waals surface area contributed by atoms with Gasteiger partial charge in [0, 0.05) is 48.7 Å². The lowest BCUT2D eigenvalue weighted by Gasteiger charge is -2.39. The molecule has 4 aromatic carbocycles. The Morgan fingerprint density at radius 1 is 0.694 bits per heavy atom. The fourth-order valence-electron chi connectivity index (χ4n) is 6.88. The van der Waals surface area contributed by atoms with E-state index in [0.717, 1.165) is 60.5 Å². The van der Waals surface area contributed by atoms with Gasteiger partial charge in [-0.25, -0.2) is 0 Å². The molecule has 0 unspecified atom stereocenters. The average molecular weight is 695 g/mol. The van der Waals surface area contributed by atoms with E-state index in [1.807, 2.05) is 18.3 Å². The second kappa shape index (κ2) is 16.2. The van der Waals surface area contributed by atoms with Crippen LogP contribution in [-0.4, -0.2) is 34.9 Å². The van der Waals surface area contributed by atoms with Crippen LogP contribution >= 0.6 is 24.8 Å². The van der Waals surface area contributed by atoms with E-state index in [1.165, 1.54) is 50.1 Å². The number of aryl methyl sites for hydroxylation is 5. The molecular weight excluding hydrogens is 645 g/mol.